The number of carboxylic acid groups (broad SMARTS) is 1. The van der Waals surface area contributed by atoms with Gasteiger partial charge in [-0.05, 0) is 18.4 Å². The minimum Gasteiger partial charge on any atom is -0.480 e. The quantitative estimate of drug-likeness (QED) is 0.305. The Balaban J connectivity index is 1.82. The SMILES string of the molecule is CC(CC(=O)N1CCC(OCC(=O)O)CC1)C(=O)c1ccc(C=NN)cc1. The van der Waals surface area contributed by atoms with Gasteiger partial charge in [0.2, 0.25) is 5.91 Å². The molecule has 3 N–H and O–H groups in total. The minimum absolute atomic E-state index is 0.0700. The number of carbonyl (C=O) groups is 3. The van der Waals surface area contributed by atoms with Crippen molar-refractivity contribution in [1.29, 1.82) is 0 Å². The van der Waals surface area contributed by atoms with E-state index in [1.54, 1.807) is 36.1 Å². The number of nitrogens with two attached hydrogens (primary N) is 1. The molecule has 1 aliphatic heterocycles. The van der Waals surface area contributed by atoms with Gasteiger partial charge in [0.05, 0.1) is 12.3 Å². The summed E-state index contributed by atoms with van der Waals surface area (Å²) in [6, 6.07) is 6.90. The van der Waals surface area contributed by atoms with Crippen molar-refractivity contribution in [2.75, 3.05) is 19.7 Å². The smallest absolute Gasteiger partial charge is 0.329 e. The van der Waals surface area contributed by atoms with Crippen LogP contribution in [-0.2, 0) is 14.3 Å². The molecular formula is C19H25N3O5. The lowest BCUT2D eigenvalue weighted by Gasteiger charge is -2.32. The molecule has 0 bridgehead atoms. The van der Waals surface area contributed by atoms with Crippen molar-refractivity contribution in [3.8, 4) is 0 Å². The number of carboxylic acids is 1. The number of amides is 1. The maximum atomic E-state index is 12.5. The van der Waals surface area contributed by atoms with Crippen molar-refractivity contribution in [1.82, 2.24) is 4.90 Å². The van der Waals surface area contributed by atoms with Crippen LogP contribution in [0.2, 0.25) is 0 Å². The Hall–Kier alpha value is -2.74. The highest BCUT2D eigenvalue weighted by molar-refractivity contribution is 6.00. The molecule has 0 aliphatic carbocycles. The van der Waals surface area contributed by atoms with Crippen LogP contribution < -0.4 is 5.84 Å². The van der Waals surface area contributed by atoms with Gasteiger partial charge in [-0.1, -0.05) is 31.2 Å². The third kappa shape index (κ3) is 6.18. The lowest BCUT2D eigenvalue weighted by molar-refractivity contribution is -0.147. The molecule has 1 unspecified atom stereocenters. The van der Waals surface area contributed by atoms with Crippen molar-refractivity contribution >= 4 is 23.9 Å². The standard InChI is InChI=1S/C19H25N3O5/c1-13(19(26)15-4-2-14(3-5-15)11-21-20)10-17(23)22-8-6-16(7-9-22)27-12-18(24)25/h2-5,11,13,16H,6-10,12,20H2,1H3,(H,24,25). The van der Waals surface area contributed by atoms with Crippen molar-refractivity contribution in [2.45, 2.75) is 32.3 Å². The number of nitrogens with zero attached hydrogens (tertiary/aromatic N) is 2. The number of aliphatic carboxylic acids is 1. The number of rotatable bonds is 8. The van der Waals surface area contributed by atoms with Gasteiger partial charge in [-0.3, -0.25) is 9.59 Å². The molecule has 1 amide bonds. The van der Waals surface area contributed by atoms with E-state index in [4.69, 9.17) is 15.7 Å². The van der Waals surface area contributed by atoms with E-state index in [2.05, 4.69) is 5.10 Å². The molecule has 1 aliphatic rings. The second-order valence-electron chi connectivity index (χ2n) is 6.65. The van der Waals surface area contributed by atoms with Gasteiger partial charge < -0.3 is 20.6 Å². The Kier molecular flexibility index (Phi) is 7.48. The van der Waals surface area contributed by atoms with Crippen molar-refractivity contribution in [2.24, 2.45) is 16.9 Å². The normalized spacial score (nSPS) is 16.4. The number of benzene rings is 1. The highest BCUT2D eigenvalue weighted by Crippen LogP contribution is 2.18. The second-order valence-corrected chi connectivity index (χ2v) is 6.65. The second kappa shape index (κ2) is 9.82. The lowest BCUT2D eigenvalue weighted by Crippen LogP contribution is -2.42. The summed E-state index contributed by atoms with van der Waals surface area (Å²) in [7, 11) is 0. The number of hydrogen-bond acceptors (Lipinski definition) is 6. The van der Waals surface area contributed by atoms with Gasteiger partial charge >= 0.3 is 5.97 Å². The number of ether oxygens (including phenoxy) is 1. The number of carbonyl (C=O) groups excluding carboxylic acids is 2. The van der Waals surface area contributed by atoms with Gasteiger partial charge in [0.1, 0.15) is 6.61 Å². The number of hydrazone groups is 1. The largest absolute Gasteiger partial charge is 0.480 e. The Morgan fingerprint density at radius 3 is 2.48 bits per heavy atom. The average molecular weight is 375 g/mol. The first-order valence-electron chi connectivity index (χ1n) is 8.89. The average Bonchev–Trinajstić information content (AvgIpc) is 2.67. The summed E-state index contributed by atoms with van der Waals surface area (Å²) in [5.74, 6) is 3.52. The summed E-state index contributed by atoms with van der Waals surface area (Å²) in [5, 5.41) is 12.1. The summed E-state index contributed by atoms with van der Waals surface area (Å²) < 4.78 is 5.27. The van der Waals surface area contributed by atoms with E-state index in [1.807, 2.05) is 0 Å². The molecule has 2 rings (SSSR count). The fourth-order valence-corrected chi connectivity index (χ4v) is 3.05. The van der Waals surface area contributed by atoms with E-state index < -0.39 is 11.9 Å². The van der Waals surface area contributed by atoms with Gasteiger partial charge in [-0.25, -0.2) is 4.79 Å². The maximum Gasteiger partial charge on any atom is 0.329 e. The van der Waals surface area contributed by atoms with Crippen LogP contribution in [0.5, 0.6) is 0 Å². The van der Waals surface area contributed by atoms with Crippen LogP contribution in [0, 0.1) is 5.92 Å². The zero-order valence-electron chi connectivity index (χ0n) is 15.3. The highest BCUT2D eigenvalue weighted by atomic mass is 16.5. The first-order valence-corrected chi connectivity index (χ1v) is 8.89. The third-order valence-corrected chi connectivity index (χ3v) is 4.58. The summed E-state index contributed by atoms with van der Waals surface area (Å²) in [4.78, 5) is 37.2. The van der Waals surface area contributed by atoms with Crippen molar-refractivity contribution < 1.29 is 24.2 Å². The van der Waals surface area contributed by atoms with E-state index in [0.29, 0.717) is 31.5 Å². The van der Waals surface area contributed by atoms with Gasteiger partial charge in [0.15, 0.2) is 5.78 Å². The van der Waals surface area contributed by atoms with Crippen LogP contribution in [0.3, 0.4) is 0 Å². The number of ketones is 1. The molecule has 8 nitrogen and oxygen atoms in total. The minimum atomic E-state index is -0.996. The summed E-state index contributed by atoms with van der Waals surface area (Å²) in [6.07, 6.45) is 2.70. The lowest BCUT2D eigenvalue weighted by atomic mass is 9.95. The Morgan fingerprint density at radius 1 is 1.30 bits per heavy atom. The van der Waals surface area contributed by atoms with Gasteiger partial charge in [-0.2, -0.15) is 5.10 Å². The van der Waals surface area contributed by atoms with Gasteiger partial charge in [0, 0.05) is 31.0 Å². The molecular weight excluding hydrogens is 350 g/mol. The van der Waals surface area contributed by atoms with E-state index in [1.165, 1.54) is 6.21 Å². The molecule has 0 aromatic heterocycles. The van der Waals surface area contributed by atoms with E-state index in [-0.39, 0.29) is 30.8 Å². The highest BCUT2D eigenvalue weighted by Gasteiger charge is 2.26. The van der Waals surface area contributed by atoms with E-state index >= 15 is 0 Å². The number of Topliss-reactive ketones (excluding diaryl/α,β-unsaturated/α-hetero) is 1. The molecule has 0 saturated carbocycles. The number of hydrogen-bond donors (Lipinski definition) is 2. The van der Waals surface area contributed by atoms with E-state index in [9.17, 15) is 14.4 Å². The molecule has 1 saturated heterocycles. The first kappa shape index (κ1) is 20.6. The van der Waals surface area contributed by atoms with Gasteiger partial charge in [-0.15, -0.1) is 0 Å². The maximum absolute atomic E-state index is 12.5. The Bertz CT molecular complexity index is 694. The molecule has 8 heteroatoms. The Labute approximate surface area is 158 Å². The van der Waals surface area contributed by atoms with Crippen LogP contribution in [0.25, 0.3) is 0 Å². The predicted octanol–water partition coefficient (Wildman–Crippen LogP) is 1.28. The number of piperidine rings is 1. The molecule has 0 radical (unpaired) electrons. The van der Waals surface area contributed by atoms with Crippen LogP contribution >= 0.6 is 0 Å². The van der Waals surface area contributed by atoms with Crippen LogP contribution in [0.15, 0.2) is 29.4 Å². The fraction of sp³-hybridized carbons (Fsp3) is 0.474. The van der Waals surface area contributed by atoms with Crippen LogP contribution in [-0.4, -0.2) is 59.7 Å². The topological polar surface area (TPSA) is 122 Å². The third-order valence-electron chi connectivity index (χ3n) is 4.58. The first-order chi connectivity index (χ1) is 12.9. The molecule has 1 aromatic rings. The van der Waals surface area contributed by atoms with Gasteiger partial charge in [0.25, 0.3) is 0 Å². The molecule has 1 heterocycles. The zero-order valence-corrected chi connectivity index (χ0v) is 15.3. The fourth-order valence-electron chi connectivity index (χ4n) is 3.05. The van der Waals surface area contributed by atoms with Crippen LogP contribution in [0.4, 0.5) is 0 Å². The molecule has 27 heavy (non-hydrogen) atoms. The zero-order chi connectivity index (χ0) is 19.8. The monoisotopic (exact) mass is 375 g/mol. The van der Waals surface area contributed by atoms with Crippen molar-refractivity contribution in [3.05, 3.63) is 35.4 Å². The van der Waals surface area contributed by atoms with Crippen molar-refractivity contribution in [3.63, 3.8) is 0 Å². The van der Waals surface area contributed by atoms with E-state index in [0.717, 1.165) is 5.56 Å². The predicted molar refractivity (Wildman–Crippen MR) is 99.5 cm³/mol. The molecule has 146 valence electrons. The molecule has 1 fully saturated rings. The molecule has 0 spiro atoms. The Morgan fingerprint density at radius 2 is 1.93 bits per heavy atom. The molecule has 1 atom stereocenters. The summed E-state index contributed by atoms with van der Waals surface area (Å²) in [6.45, 7) is 2.45. The summed E-state index contributed by atoms with van der Waals surface area (Å²) in [5.41, 5.74) is 1.34. The molecule has 1 aromatic carbocycles. The number of likely N-dealkylation sites (tertiary alicyclic amines) is 1. The van der Waals surface area contributed by atoms with Crippen LogP contribution in [0.1, 0.15) is 42.1 Å². The summed E-state index contributed by atoms with van der Waals surface area (Å²) >= 11 is 0.